The number of nitrogens with one attached hydrogen (secondary N) is 1. The van der Waals surface area contributed by atoms with Crippen LogP contribution in [-0.2, 0) is 24.7 Å². The number of hydrogen-bond donors (Lipinski definition) is 1. The van der Waals surface area contributed by atoms with Crippen LogP contribution in [0.15, 0.2) is 47.3 Å². The van der Waals surface area contributed by atoms with Crippen LogP contribution in [-0.4, -0.2) is 9.55 Å². The second-order valence-corrected chi connectivity index (χ2v) is 7.54. The highest BCUT2D eigenvalue weighted by atomic mass is 35.5. The molecule has 0 saturated carbocycles. The number of aromatic nitrogens is 2. The average molecular weight is 570 g/mol. The molecule has 0 bridgehead atoms. The maximum atomic E-state index is 13.5. The minimum Gasteiger partial charge on any atom is -0.325 e. The highest BCUT2D eigenvalue weighted by Gasteiger charge is 2.40. The molecular formula is C20H8ClF12N3O. The molecule has 0 aliphatic carbocycles. The fourth-order valence-electron chi connectivity index (χ4n) is 3.00. The Kier molecular flexibility index (Phi) is 6.96. The van der Waals surface area contributed by atoms with Crippen LogP contribution >= 0.6 is 11.6 Å². The predicted molar refractivity (Wildman–Crippen MR) is 105 cm³/mol. The third kappa shape index (κ3) is 5.94. The lowest BCUT2D eigenvalue weighted by Crippen LogP contribution is -2.28. The third-order valence-corrected chi connectivity index (χ3v) is 4.99. The van der Waals surface area contributed by atoms with Crippen molar-refractivity contribution in [2.45, 2.75) is 24.7 Å². The Morgan fingerprint density at radius 3 is 1.68 bits per heavy atom. The summed E-state index contributed by atoms with van der Waals surface area (Å²) in [5.74, 6) is -1.33. The molecule has 37 heavy (non-hydrogen) atoms. The van der Waals surface area contributed by atoms with Crippen molar-refractivity contribution in [3.8, 4) is 5.69 Å². The fourth-order valence-corrected chi connectivity index (χ4v) is 3.23. The van der Waals surface area contributed by atoms with Crippen LogP contribution in [0.4, 0.5) is 64.3 Å². The van der Waals surface area contributed by atoms with E-state index in [2.05, 4.69) is 4.98 Å². The molecule has 3 aromatic rings. The van der Waals surface area contributed by atoms with Gasteiger partial charge in [0.2, 0.25) is 5.95 Å². The van der Waals surface area contributed by atoms with Crippen LogP contribution in [0.3, 0.4) is 0 Å². The standard InChI is InChI=1S/C20H8ClF12N3O/c21-13-14(20(31,32)33)35-16(36(15(13)37)10-4-1-8(2-5-10)17(22,23)24)34-12-6-3-9(18(25,26)27)7-11(12)19(28,29)30/h1-7H,(H,34,35). The van der Waals surface area contributed by atoms with E-state index in [4.69, 9.17) is 11.6 Å². The average Bonchev–Trinajstić information content (AvgIpc) is 2.73. The monoisotopic (exact) mass is 569 g/mol. The highest BCUT2D eigenvalue weighted by molar-refractivity contribution is 6.31. The number of nitrogens with zero attached hydrogens (tertiary/aromatic N) is 2. The van der Waals surface area contributed by atoms with Crippen molar-refractivity contribution in [3.05, 3.63) is 80.2 Å². The van der Waals surface area contributed by atoms with E-state index in [0.717, 1.165) is 0 Å². The van der Waals surface area contributed by atoms with E-state index in [0.29, 0.717) is 24.3 Å². The maximum Gasteiger partial charge on any atom is 0.435 e. The molecule has 1 N–H and O–H groups in total. The Morgan fingerprint density at radius 1 is 0.703 bits per heavy atom. The van der Waals surface area contributed by atoms with Gasteiger partial charge in [0.15, 0.2) is 5.69 Å². The third-order valence-electron chi connectivity index (χ3n) is 4.65. The molecule has 17 heteroatoms. The topological polar surface area (TPSA) is 46.9 Å². The Labute approximate surface area is 202 Å². The molecule has 0 saturated heterocycles. The van der Waals surface area contributed by atoms with E-state index in [1.807, 2.05) is 0 Å². The quantitative estimate of drug-likeness (QED) is 0.329. The Balaban J connectivity index is 2.29. The van der Waals surface area contributed by atoms with Crippen molar-refractivity contribution >= 4 is 23.2 Å². The molecular weight excluding hydrogens is 562 g/mol. The van der Waals surface area contributed by atoms with E-state index < -0.39 is 75.0 Å². The normalized spacial score (nSPS) is 13.1. The zero-order valence-corrected chi connectivity index (χ0v) is 18.0. The van der Waals surface area contributed by atoms with Crippen molar-refractivity contribution in [3.63, 3.8) is 0 Å². The predicted octanol–water partition coefficient (Wildman–Crippen LogP) is 7.70. The number of hydrogen-bond acceptors (Lipinski definition) is 3. The van der Waals surface area contributed by atoms with Gasteiger partial charge in [-0.25, -0.2) is 9.55 Å². The van der Waals surface area contributed by atoms with E-state index in [-0.39, 0.29) is 22.8 Å². The summed E-state index contributed by atoms with van der Waals surface area (Å²) in [5, 5.41) is 0.166. The molecule has 1 heterocycles. The first kappa shape index (κ1) is 28.1. The zero-order chi connectivity index (χ0) is 28.1. The van der Waals surface area contributed by atoms with Crippen molar-refractivity contribution in [2.75, 3.05) is 5.32 Å². The molecule has 200 valence electrons. The van der Waals surface area contributed by atoms with Crippen molar-refractivity contribution in [1.29, 1.82) is 0 Å². The van der Waals surface area contributed by atoms with Crippen LogP contribution < -0.4 is 10.9 Å². The lowest BCUT2D eigenvalue weighted by Gasteiger charge is -2.20. The fraction of sp³-hybridized carbons (Fsp3) is 0.200. The summed E-state index contributed by atoms with van der Waals surface area (Å²) in [6.45, 7) is 0. The molecule has 3 rings (SSSR count). The van der Waals surface area contributed by atoms with Gasteiger partial charge in [-0.2, -0.15) is 52.7 Å². The summed E-state index contributed by atoms with van der Waals surface area (Å²) in [6, 6.07) is 2.10. The first-order valence-corrected chi connectivity index (χ1v) is 9.72. The van der Waals surface area contributed by atoms with Crippen LogP contribution in [0.5, 0.6) is 0 Å². The molecule has 0 fully saturated rings. The molecule has 0 radical (unpaired) electrons. The van der Waals surface area contributed by atoms with Gasteiger partial charge in [0, 0.05) is 0 Å². The van der Waals surface area contributed by atoms with Gasteiger partial charge in [0.1, 0.15) is 5.02 Å². The first-order chi connectivity index (χ1) is 16.7. The van der Waals surface area contributed by atoms with Gasteiger partial charge < -0.3 is 5.32 Å². The lowest BCUT2D eigenvalue weighted by molar-refractivity contribution is -0.143. The lowest BCUT2D eigenvalue weighted by atomic mass is 10.1. The Morgan fingerprint density at radius 2 is 1.22 bits per heavy atom. The number of anilines is 2. The summed E-state index contributed by atoms with van der Waals surface area (Å²) in [4.78, 5) is 15.7. The molecule has 0 aliphatic heterocycles. The Bertz CT molecular complexity index is 1370. The van der Waals surface area contributed by atoms with E-state index in [1.54, 1.807) is 5.32 Å². The van der Waals surface area contributed by atoms with Crippen LogP contribution in [0.25, 0.3) is 5.69 Å². The molecule has 0 spiro atoms. The Hall–Kier alpha value is -3.43. The van der Waals surface area contributed by atoms with Gasteiger partial charge in [-0.1, -0.05) is 11.6 Å². The maximum absolute atomic E-state index is 13.5. The number of benzene rings is 2. The summed E-state index contributed by atoms with van der Waals surface area (Å²) in [7, 11) is 0. The largest absolute Gasteiger partial charge is 0.435 e. The van der Waals surface area contributed by atoms with Crippen molar-refractivity contribution in [2.24, 2.45) is 0 Å². The minimum atomic E-state index is -5.47. The van der Waals surface area contributed by atoms with Gasteiger partial charge in [0.05, 0.1) is 28.1 Å². The molecule has 1 aromatic heterocycles. The van der Waals surface area contributed by atoms with Crippen LogP contribution in [0.1, 0.15) is 22.4 Å². The molecule has 2 aromatic carbocycles. The van der Waals surface area contributed by atoms with Crippen molar-refractivity contribution in [1.82, 2.24) is 9.55 Å². The van der Waals surface area contributed by atoms with Crippen molar-refractivity contribution < 1.29 is 52.7 Å². The summed E-state index contributed by atoms with van der Waals surface area (Å²) in [5.41, 5.74) is -10.6. The summed E-state index contributed by atoms with van der Waals surface area (Å²) in [6.07, 6.45) is -21.0. The van der Waals surface area contributed by atoms with Gasteiger partial charge in [-0.3, -0.25) is 4.79 Å². The molecule has 0 atom stereocenters. The smallest absolute Gasteiger partial charge is 0.325 e. The van der Waals surface area contributed by atoms with Gasteiger partial charge in [0.25, 0.3) is 5.56 Å². The van der Waals surface area contributed by atoms with E-state index in [1.165, 1.54) is 0 Å². The van der Waals surface area contributed by atoms with Gasteiger partial charge in [-0.15, -0.1) is 0 Å². The summed E-state index contributed by atoms with van der Waals surface area (Å²) < 4.78 is 158. The number of halogens is 13. The zero-order valence-electron chi connectivity index (χ0n) is 17.3. The first-order valence-electron chi connectivity index (χ1n) is 9.34. The SMILES string of the molecule is O=c1c(Cl)c(C(F)(F)F)nc(Nc2ccc(C(F)(F)F)cc2C(F)(F)F)n1-c1ccc(C(F)(F)F)cc1. The number of rotatable bonds is 3. The van der Waals surface area contributed by atoms with Crippen LogP contribution in [0.2, 0.25) is 5.02 Å². The second-order valence-electron chi connectivity index (χ2n) is 7.16. The molecule has 4 nitrogen and oxygen atoms in total. The van der Waals surface area contributed by atoms with Gasteiger partial charge >= 0.3 is 24.7 Å². The second kappa shape index (κ2) is 9.15. The highest BCUT2D eigenvalue weighted by Crippen LogP contribution is 2.41. The molecule has 0 aliphatic rings. The van der Waals surface area contributed by atoms with Crippen LogP contribution in [0, 0.1) is 0 Å². The summed E-state index contributed by atoms with van der Waals surface area (Å²) >= 11 is 5.46. The van der Waals surface area contributed by atoms with E-state index >= 15 is 0 Å². The van der Waals surface area contributed by atoms with Gasteiger partial charge in [-0.05, 0) is 42.5 Å². The number of alkyl halides is 12. The molecule has 0 unspecified atom stereocenters. The van der Waals surface area contributed by atoms with E-state index in [9.17, 15) is 57.5 Å². The molecule has 0 amide bonds. The minimum absolute atomic E-state index is 0.134.